The van der Waals surface area contributed by atoms with Gasteiger partial charge in [0.25, 0.3) is 0 Å². The lowest BCUT2D eigenvalue weighted by Gasteiger charge is -2.31. The van der Waals surface area contributed by atoms with E-state index in [1.165, 1.54) is 10.7 Å². The molecule has 1 aromatic carbocycles. The van der Waals surface area contributed by atoms with Crippen molar-refractivity contribution in [2.45, 2.75) is 49.5 Å². The molecule has 1 heterocycles. The van der Waals surface area contributed by atoms with E-state index in [1.807, 2.05) is 0 Å². The molecule has 0 bridgehead atoms. The van der Waals surface area contributed by atoms with Crippen LogP contribution in [0.1, 0.15) is 38.5 Å². The second-order valence-electron chi connectivity index (χ2n) is 9.07. The van der Waals surface area contributed by atoms with Gasteiger partial charge in [-0.15, -0.1) is 11.6 Å². The maximum absolute atomic E-state index is 12.9. The lowest BCUT2D eigenvalue weighted by molar-refractivity contribution is -0.0327. The van der Waals surface area contributed by atoms with Gasteiger partial charge in [-0.1, -0.05) is 25.0 Å². The van der Waals surface area contributed by atoms with Crippen LogP contribution in [0.2, 0.25) is 0 Å². The number of sulfonamides is 1. The third-order valence-electron chi connectivity index (χ3n) is 6.10. The van der Waals surface area contributed by atoms with E-state index in [-0.39, 0.29) is 6.10 Å². The highest BCUT2D eigenvalue weighted by Gasteiger charge is 2.30. The molecular weight excluding hydrogens is 614 g/mol. The molecule has 9 nitrogen and oxygen atoms in total. The lowest BCUT2D eigenvalue weighted by Crippen LogP contribution is -2.41. The van der Waals surface area contributed by atoms with E-state index in [9.17, 15) is 8.42 Å². The molecule has 1 fully saturated rings. The number of benzene rings is 1. The summed E-state index contributed by atoms with van der Waals surface area (Å²) in [5.74, 6) is 0.739. The van der Waals surface area contributed by atoms with Crippen LogP contribution >= 0.6 is 27.5 Å². The Morgan fingerprint density at radius 1 is 0.718 bits per heavy atom. The molecule has 1 aliphatic rings. The average Bonchev–Trinajstić information content (AvgIpc) is 2.94. The van der Waals surface area contributed by atoms with Gasteiger partial charge < -0.3 is 28.4 Å². The summed E-state index contributed by atoms with van der Waals surface area (Å²) in [6.07, 6.45) is 5.86. The van der Waals surface area contributed by atoms with E-state index in [0.29, 0.717) is 101 Å². The standard InChI is InChI=1S/C27H45BrClNO8S/c28-26-7-3-4-8-27(26)39(31,32)30-12-9-25(10-13-30)38-24-23-37-22-21-36-20-19-35-18-17-34-16-15-33-14-6-2-1-5-11-29/h3-4,7-8,25H,1-2,5-6,9-24H2. The van der Waals surface area contributed by atoms with Crippen LogP contribution in [0, 0.1) is 0 Å². The zero-order chi connectivity index (χ0) is 28.0. The van der Waals surface area contributed by atoms with E-state index >= 15 is 0 Å². The Balaban J connectivity index is 1.32. The van der Waals surface area contributed by atoms with E-state index in [4.69, 9.17) is 40.0 Å². The highest BCUT2D eigenvalue weighted by molar-refractivity contribution is 9.10. The van der Waals surface area contributed by atoms with E-state index < -0.39 is 10.0 Å². The average molecular weight is 659 g/mol. The van der Waals surface area contributed by atoms with Crippen LogP contribution in [-0.2, 0) is 38.4 Å². The number of alkyl halides is 1. The van der Waals surface area contributed by atoms with Gasteiger partial charge in [0, 0.05) is 30.0 Å². The van der Waals surface area contributed by atoms with Crippen molar-refractivity contribution in [1.82, 2.24) is 4.31 Å². The summed E-state index contributed by atoms with van der Waals surface area (Å²) in [4.78, 5) is 0.303. The molecule has 39 heavy (non-hydrogen) atoms. The molecule has 1 saturated heterocycles. The van der Waals surface area contributed by atoms with Gasteiger partial charge in [-0.2, -0.15) is 4.31 Å². The molecule has 0 radical (unpaired) electrons. The third kappa shape index (κ3) is 15.5. The van der Waals surface area contributed by atoms with Crippen molar-refractivity contribution >= 4 is 37.6 Å². The summed E-state index contributed by atoms with van der Waals surface area (Å²) in [6, 6.07) is 6.90. The first-order valence-corrected chi connectivity index (χ1v) is 16.6. The van der Waals surface area contributed by atoms with E-state index in [0.717, 1.165) is 31.7 Å². The number of halogens is 2. The first-order chi connectivity index (χ1) is 19.1. The Labute approximate surface area is 247 Å². The van der Waals surface area contributed by atoms with Crippen LogP contribution in [0.3, 0.4) is 0 Å². The van der Waals surface area contributed by atoms with Gasteiger partial charge in [0.15, 0.2) is 0 Å². The number of nitrogens with zero attached hydrogens (tertiary/aromatic N) is 1. The maximum Gasteiger partial charge on any atom is 0.244 e. The van der Waals surface area contributed by atoms with Crippen LogP contribution < -0.4 is 0 Å². The Kier molecular flexibility index (Phi) is 19.9. The van der Waals surface area contributed by atoms with Crippen LogP contribution in [-0.4, -0.2) is 110 Å². The molecule has 0 atom stereocenters. The second kappa shape index (κ2) is 22.3. The predicted molar refractivity (Wildman–Crippen MR) is 155 cm³/mol. The predicted octanol–water partition coefficient (Wildman–Crippen LogP) is 4.50. The fraction of sp³-hybridized carbons (Fsp3) is 0.778. The highest BCUT2D eigenvalue weighted by atomic mass is 79.9. The molecule has 1 aromatic rings. The largest absolute Gasteiger partial charge is 0.379 e. The van der Waals surface area contributed by atoms with Crippen molar-refractivity contribution in [3.8, 4) is 0 Å². The molecule has 0 N–H and O–H groups in total. The SMILES string of the molecule is O=S(=O)(c1ccccc1Br)N1CCC(OCCOCCOCCOCCOCCOCCCCCCCl)CC1. The van der Waals surface area contributed by atoms with Gasteiger partial charge in [-0.25, -0.2) is 8.42 Å². The van der Waals surface area contributed by atoms with Crippen molar-refractivity contribution in [3.05, 3.63) is 28.7 Å². The lowest BCUT2D eigenvalue weighted by atomic mass is 10.1. The number of hydrogen-bond acceptors (Lipinski definition) is 8. The molecule has 0 saturated carbocycles. The quantitative estimate of drug-likeness (QED) is 0.119. The van der Waals surface area contributed by atoms with E-state index in [1.54, 1.807) is 24.3 Å². The van der Waals surface area contributed by atoms with Crippen molar-refractivity contribution in [2.24, 2.45) is 0 Å². The summed E-state index contributed by atoms with van der Waals surface area (Å²) in [6.45, 7) is 6.89. The number of rotatable bonds is 24. The Morgan fingerprint density at radius 3 is 1.74 bits per heavy atom. The minimum Gasteiger partial charge on any atom is -0.379 e. The minimum atomic E-state index is -3.50. The summed E-state index contributed by atoms with van der Waals surface area (Å²) >= 11 is 8.99. The number of unbranched alkanes of at least 4 members (excludes halogenated alkanes) is 3. The first kappa shape index (κ1) is 34.9. The summed E-state index contributed by atoms with van der Waals surface area (Å²) < 4.78 is 61.3. The zero-order valence-corrected chi connectivity index (χ0v) is 26.1. The molecule has 0 aromatic heterocycles. The van der Waals surface area contributed by atoms with Gasteiger partial charge in [-0.05, 0) is 53.7 Å². The van der Waals surface area contributed by atoms with Crippen LogP contribution in [0.4, 0.5) is 0 Å². The van der Waals surface area contributed by atoms with Crippen LogP contribution in [0.15, 0.2) is 33.6 Å². The summed E-state index contributed by atoms with van der Waals surface area (Å²) in [7, 11) is -3.50. The van der Waals surface area contributed by atoms with Crippen LogP contribution in [0.5, 0.6) is 0 Å². The molecule has 0 aliphatic carbocycles. The Bertz CT molecular complexity index is 843. The molecule has 226 valence electrons. The van der Waals surface area contributed by atoms with Crippen molar-refractivity contribution in [1.29, 1.82) is 0 Å². The monoisotopic (exact) mass is 657 g/mol. The molecule has 0 unspecified atom stereocenters. The summed E-state index contributed by atoms with van der Waals surface area (Å²) in [5, 5.41) is 0. The highest BCUT2D eigenvalue weighted by Crippen LogP contribution is 2.27. The number of piperidine rings is 1. The topological polar surface area (TPSA) is 92.8 Å². The molecular formula is C27H45BrClNO8S. The Morgan fingerprint density at radius 2 is 1.21 bits per heavy atom. The first-order valence-electron chi connectivity index (χ1n) is 13.9. The van der Waals surface area contributed by atoms with Gasteiger partial charge in [0.1, 0.15) is 0 Å². The van der Waals surface area contributed by atoms with Crippen molar-refractivity contribution < 1.29 is 36.8 Å². The minimum absolute atomic E-state index is 0.0422. The smallest absolute Gasteiger partial charge is 0.244 e. The van der Waals surface area contributed by atoms with Crippen molar-refractivity contribution in [2.75, 3.05) is 91.6 Å². The third-order valence-corrected chi connectivity index (χ3v) is 9.27. The fourth-order valence-electron chi connectivity index (χ4n) is 3.94. The number of ether oxygens (including phenoxy) is 6. The van der Waals surface area contributed by atoms with E-state index in [2.05, 4.69) is 15.9 Å². The molecule has 12 heteroatoms. The normalized spacial score (nSPS) is 15.2. The maximum atomic E-state index is 12.9. The second-order valence-corrected chi connectivity index (χ2v) is 12.2. The van der Waals surface area contributed by atoms with Crippen LogP contribution in [0.25, 0.3) is 0 Å². The number of hydrogen-bond donors (Lipinski definition) is 0. The van der Waals surface area contributed by atoms with Gasteiger partial charge in [-0.3, -0.25) is 0 Å². The molecule has 0 spiro atoms. The van der Waals surface area contributed by atoms with Crippen molar-refractivity contribution in [3.63, 3.8) is 0 Å². The molecule has 0 amide bonds. The van der Waals surface area contributed by atoms with Gasteiger partial charge in [0.05, 0.1) is 77.1 Å². The molecule has 2 rings (SSSR count). The fourth-order valence-corrected chi connectivity index (χ4v) is 6.56. The Hall–Kier alpha value is -0.340. The zero-order valence-electron chi connectivity index (χ0n) is 22.9. The summed E-state index contributed by atoms with van der Waals surface area (Å²) in [5.41, 5.74) is 0. The molecule has 1 aliphatic heterocycles. The van der Waals surface area contributed by atoms with Gasteiger partial charge in [0.2, 0.25) is 10.0 Å². The van der Waals surface area contributed by atoms with Gasteiger partial charge >= 0.3 is 0 Å².